The summed E-state index contributed by atoms with van der Waals surface area (Å²) in [6, 6.07) is 3.62. The number of hydrogen-bond acceptors (Lipinski definition) is 5. The number of halogens is 6. The van der Waals surface area contributed by atoms with Gasteiger partial charge in [-0.05, 0) is 37.1 Å². The van der Waals surface area contributed by atoms with E-state index in [0.717, 1.165) is 24.0 Å². The topological polar surface area (TPSA) is 73.3 Å². The molecule has 34 heavy (non-hydrogen) atoms. The Kier molecular flexibility index (Phi) is 7.53. The lowest BCUT2D eigenvalue weighted by atomic mass is 10.1. The van der Waals surface area contributed by atoms with Crippen LogP contribution in [0.2, 0.25) is 0 Å². The molecule has 0 aliphatic carbocycles. The van der Waals surface area contributed by atoms with E-state index in [4.69, 9.17) is 0 Å². The lowest BCUT2D eigenvalue weighted by Crippen LogP contribution is -2.49. The number of rotatable bonds is 5. The van der Waals surface area contributed by atoms with E-state index in [0.29, 0.717) is 18.5 Å². The molecular weight excluding hydrogens is 472 g/mol. The van der Waals surface area contributed by atoms with Crippen LogP contribution in [0.3, 0.4) is 0 Å². The molecule has 2 heterocycles. The van der Waals surface area contributed by atoms with E-state index in [-0.39, 0.29) is 45.0 Å². The van der Waals surface area contributed by atoms with E-state index >= 15 is 0 Å². The van der Waals surface area contributed by atoms with Gasteiger partial charge in [0, 0.05) is 51.5 Å². The van der Waals surface area contributed by atoms with Crippen molar-refractivity contribution in [2.45, 2.75) is 38.3 Å². The third kappa shape index (κ3) is 6.45. The normalized spacial score (nSPS) is 21.0. The highest BCUT2D eigenvalue weighted by molar-refractivity contribution is 5.72. The van der Waals surface area contributed by atoms with E-state index in [1.54, 1.807) is 15.9 Å². The van der Waals surface area contributed by atoms with E-state index in [2.05, 4.69) is 4.74 Å². The number of carbonyl (C=O) groups is 2. The average Bonchev–Trinajstić information content (AvgIpc) is 3.23. The number of carboxylic acid groups (broad SMARTS) is 1. The zero-order valence-electron chi connectivity index (χ0n) is 18.3. The van der Waals surface area contributed by atoms with Crippen LogP contribution in [0.5, 0.6) is 0 Å². The van der Waals surface area contributed by atoms with Crippen molar-refractivity contribution >= 4 is 17.7 Å². The van der Waals surface area contributed by atoms with Crippen molar-refractivity contribution in [3.63, 3.8) is 0 Å². The molecule has 2 unspecified atom stereocenters. The number of aliphatic carboxylic acids is 1. The maximum absolute atomic E-state index is 13.5. The van der Waals surface area contributed by atoms with Gasteiger partial charge in [-0.15, -0.1) is 0 Å². The number of anilines is 1. The largest absolute Gasteiger partial charge is 0.481 e. The number of benzene rings is 1. The Morgan fingerprint density at radius 2 is 1.71 bits per heavy atom. The Morgan fingerprint density at radius 3 is 2.24 bits per heavy atom. The Balaban J connectivity index is 1.65. The van der Waals surface area contributed by atoms with Crippen molar-refractivity contribution in [1.82, 2.24) is 9.80 Å². The first-order valence-corrected chi connectivity index (χ1v) is 10.7. The number of hydrogen-bond donors (Lipinski definition) is 1. The summed E-state index contributed by atoms with van der Waals surface area (Å²) in [7, 11) is 0. The highest BCUT2D eigenvalue weighted by Gasteiger charge is 2.40. The molecule has 0 radical (unpaired) electrons. The zero-order valence-corrected chi connectivity index (χ0v) is 18.3. The van der Waals surface area contributed by atoms with Crippen LogP contribution in [0.25, 0.3) is 0 Å². The molecule has 1 amide bonds. The van der Waals surface area contributed by atoms with Crippen molar-refractivity contribution < 1.29 is 45.8 Å². The second-order valence-electron chi connectivity index (χ2n) is 8.49. The second kappa shape index (κ2) is 9.88. The highest BCUT2D eigenvalue weighted by atomic mass is 19.4. The Bertz CT molecular complexity index is 899. The Morgan fingerprint density at radius 1 is 1.06 bits per heavy atom. The van der Waals surface area contributed by atoms with Crippen LogP contribution in [0.4, 0.5) is 36.8 Å². The van der Waals surface area contributed by atoms with E-state index in [9.17, 15) is 41.0 Å². The molecule has 2 atom stereocenters. The third-order valence-corrected chi connectivity index (χ3v) is 5.98. The molecular formula is C21H25F6N3O4. The number of carbonyl (C=O) groups excluding carboxylic acids is 1. The van der Waals surface area contributed by atoms with Crippen LogP contribution >= 0.6 is 0 Å². The summed E-state index contributed by atoms with van der Waals surface area (Å²) in [6.07, 6.45) is -12.3. The molecule has 2 saturated heterocycles. The number of alkyl halides is 6. The monoisotopic (exact) mass is 497 g/mol. The highest BCUT2D eigenvalue weighted by Crippen LogP contribution is 2.35. The predicted octanol–water partition coefficient (Wildman–Crippen LogP) is 3.82. The molecule has 7 nitrogen and oxygen atoms in total. The minimum absolute atomic E-state index is 0.0711. The molecule has 13 heteroatoms. The second-order valence-corrected chi connectivity index (χ2v) is 8.49. The molecule has 2 aliphatic heterocycles. The van der Waals surface area contributed by atoms with Gasteiger partial charge in [0.1, 0.15) is 0 Å². The Labute approximate surface area is 191 Å². The number of amides is 1. The smallest absolute Gasteiger partial charge is 0.425 e. The minimum atomic E-state index is -4.67. The predicted molar refractivity (Wildman–Crippen MR) is 108 cm³/mol. The lowest BCUT2D eigenvalue weighted by Gasteiger charge is -2.35. The minimum Gasteiger partial charge on any atom is -0.481 e. The van der Waals surface area contributed by atoms with Gasteiger partial charge >= 0.3 is 24.4 Å². The van der Waals surface area contributed by atoms with Gasteiger partial charge in [-0.25, -0.2) is 4.79 Å². The zero-order chi connectivity index (χ0) is 25.3. The van der Waals surface area contributed by atoms with Crippen molar-refractivity contribution in [1.29, 1.82) is 0 Å². The van der Waals surface area contributed by atoms with Crippen LogP contribution < -0.4 is 4.90 Å². The van der Waals surface area contributed by atoms with Gasteiger partial charge in [0.25, 0.3) is 0 Å². The van der Waals surface area contributed by atoms with Gasteiger partial charge in [0.05, 0.1) is 11.5 Å². The molecule has 1 N–H and O–H groups in total. The van der Waals surface area contributed by atoms with Crippen LogP contribution in [0.15, 0.2) is 18.2 Å². The van der Waals surface area contributed by atoms with E-state index < -0.39 is 42.0 Å². The van der Waals surface area contributed by atoms with Crippen LogP contribution in [0, 0.1) is 5.92 Å². The molecule has 1 aromatic rings. The first-order valence-electron chi connectivity index (χ1n) is 10.7. The van der Waals surface area contributed by atoms with Gasteiger partial charge < -0.3 is 19.6 Å². The molecule has 0 aromatic heterocycles. The fourth-order valence-electron chi connectivity index (χ4n) is 3.95. The average molecular weight is 497 g/mol. The van der Waals surface area contributed by atoms with E-state index in [1.165, 1.54) is 0 Å². The first kappa shape index (κ1) is 25.9. The van der Waals surface area contributed by atoms with Crippen LogP contribution in [-0.2, 0) is 22.3 Å². The standard InChI is InChI=1S/C21H25F6N3O4/c1-13(20(22,23)24)34-19(33)29-6-4-28(5-7-29)11-14-8-16(21(25,26)27)10-17(9-14)30-3-2-15(12-30)18(31)32/h8-10,13,15H,2-7,11-12H2,1H3,(H,31,32). The van der Waals surface area contributed by atoms with Gasteiger partial charge in [-0.2, -0.15) is 26.3 Å². The van der Waals surface area contributed by atoms with Gasteiger partial charge in [-0.1, -0.05) is 0 Å². The quantitative estimate of drug-likeness (QED) is 0.624. The molecule has 190 valence electrons. The molecule has 0 saturated carbocycles. The summed E-state index contributed by atoms with van der Waals surface area (Å²) in [5, 5.41) is 9.18. The number of carboxylic acids is 1. The maximum Gasteiger partial charge on any atom is 0.425 e. The summed E-state index contributed by atoms with van der Waals surface area (Å²) < 4.78 is 82.6. The van der Waals surface area contributed by atoms with Crippen molar-refractivity contribution in [2.75, 3.05) is 44.2 Å². The summed E-state index contributed by atoms with van der Waals surface area (Å²) in [5.41, 5.74) is -0.190. The van der Waals surface area contributed by atoms with Crippen molar-refractivity contribution in [3.05, 3.63) is 29.3 Å². The number of nitrogens with zero attached hydrogens (tertiary/aromatic N) is 3. The molecule has 2 fully saturated rings. The maximum atomic E-state index is 13.5. The molecule has 0 bridgehead atoms. The third-order valence-electron chi connectivity index (χ3n) is 5.98. The Hall–Kier alpha value is -2.70. The van der Waals surface area contributed by atoms with Gasteiger partial charge in [0.15, 0.2) is 6.10 Å². The molecule has 1 aromatic carbocycles. The SMILES string of the molecule is CC(OC(=O)N1CCN(Cc2cc(N3CCC(C(=O)O)C3)cc(C(F)(F)F)c2)CC1)C(F)(F)F. The fraction of sp³-hybridized carbons (Fsp3) is 0.619. The number of piperazine rings is 1. The fourth-order valence-corrected chi connectivity index (χ4v) is 3.95. The summed E-state index contributed by atoms with van der Waals surface area (Å²) >= 11 is 0. The van der Waals surface area contributed by atoms with Crippen LogP contribution in [0.1, 0.15) is 24.5 Å². The number of ether oxygens (including phenoxy) is 1. The van der Waals surface area contributed by atoms with Gasteiger partial charge in [-0.3, -0.25) is 9.69 Å². The summed E-state index contributed by atoms with van der Waals surface area (Å²) in [4.78, 5) is 27.7. The van der Waals surface area contributed by atoms with Crippen molar-refractivity contribution in [3.8, 4) is 0 Å². The van der Waals surface area contributed by atoms with E-state index in [1.807, 2.05) is 0 Å². The molecule has 2 aliphatic rings. The lowest BCUT2D eigenvalue weighted by molar-refractivity contribution is -0.200. The first-order chi connectivity index (χ1) is 15.7. The molecule has 3 rings (SSSR count). The summed E-state index contributed by atoms with van der Waals surface area (Å²) in [5.74, 6) is -1.64. The van der Waals surface area contributed by atoms with Gasteiger partial charge in [0.2, 0.25) is 0 Å². The van der Waals surface area contributed by atoms with Crippen LogP contribution in [-0.4, -0.2) is 78.5 Å². The summed E-state index contributed by atoms with van der Waals surface area (Å²) in [6.45, 7) is 1.94. The van der Waals surface area contributed by atoms with Crippen molar-refractivity contribution in [2.24, 2.45) is 5.92 Å². The molecule has 0 spiro atoms.